The Labute approximate surface area is 249 Å². The van der Waals surface area contributed by atoms with Crippen LogP contribution in [-0.4, -0.2) is 38.1 Å². The molecule has 1 atom stereocenters. The van der Waals surface area contributed by atoms with Gasteiger partial charge in [-0.15, -0.1) is 0 Å². The van der Waals surface area contributed by atoms with E-state index in [-0.39, 0.29) is 41.8 Å². The van der Waals surface area contributed by atoms with Crippen LogP contribution in [0.2, 0.25) is 5.15 Å². The summed E-state index contributed by atoms with van der Waals surface area (Å²) in [5.74, 6) is 0.773. The minimum absolute atomic E-state index is 0.0567. The number of rotatable bonds is 14. The zero-order valence-electron chi connectivity index (χ0n) is 23.6. The number of carbonyl (C=O) groups excluding carboxylic acids is 1. The van der Waals surface area contributed by atoms with Crippen molar-refractivity contribution < 1.29 is 28.1 Å². The van der Waals surface area contributed by atoms with Gasteiger partial charge in [-0.1, -0.05) is 41.9 Å². The van der Waals surface area contributed by atoms with Crippen molar-refractivity contribution in [2.75, 3.05) is 24.2 Å². The number of ether oxygens (including phenoxy) is 1. The zero-order valence-corrected chi connectivity index (χ0v) is 25.3. The average molecular weight is 617 g/mol. The molecule has 4 rings (SSSR count). The number of carbonyl (C=O) groups is 1. The first-order valence-electron chi connectivity index (χ1n) is 13.7. The third-order valence-electron chi connectivity index (χ3n) is 6.65. The van der Waals surface area contributed by atoms with Crippen LogP contribution in [0.5, 0.6) is 5.75 Å². The largest absolute Gasteiger partial charge is 0.489 e. The van der Waals surface area contributed by atoms with Crippen LogP contribution in [0.25, 0.3) is 11.0 Å². The van der Waals surface area contributed by atoms with Gasteiger partial charge in [0, 0.05) is 6.07 Å². The second kappa shape index (κ2) is 14.0. The number of halogens is 1. The van der Waals surface area contributed by atoms with E-state index in [4.69, 9.17) is 32.3 Å². The van der Waals surface area contributed by atoms with Crippen molar-refractivity contribution in [1.82, 2.24) is 19.9 Å². The fourth-order valence-electron chi connectivity index (χ4n) is 4.69. The minimum atomic E-state index is -3.63. The molecule has 2 aromatic carbocycles. The molecule has 0 spiro atoms. The second-order valence-electron chi connectivity index (χ2n) is 9.54. The number of unbranched alkanes of at least 4 members (excludes halogenated alkanes) is 1. The fraction of sp³-hybridized carbons (Fsp3) is 0.357. The van der Waals surface area contributed by atoms with Gasteiger partial charge in [-0.2, -0.15) is 0 Å². The molecular weight excluding hydrogens is 581 g/mol. The molecule has 0 saturated carbocycles. The Morgan fingerprint density at radius 1 is 1.12 bits per heavy atom. The number of nitrogens with two attached hydrogens (primary N) is 2. The molecule has 0 fully saturated rings. The van der Waals surface area contributed by atoms with E-state index in [9.17, 15) is 14.3 Å². The van der Waals surface area contributed by atoms with E-state index in [1.54, 1.807) is 6.92 Å². The van der Waals surface area contributed by atoms with Gasteiger partial charge in [0.05, 0.1) is 25.9 Å². The third kappa shape index (κ3) is 7.57. The summed E-state index contributed by atoms with van der Waals surface area (Å²) in [6, 6.07) is 15.8. The summed E-state index contributed by atoms with van der Waals surface area (Å²) >= 11 is 5.97. The number of aryl methyl sites for hydroxylation is 2. The molecular formula is C28H36ClN7O5P+. The van der Waals surface area contributed by atoms with Gasteiger partial charge in [-0.25, -0.2) is 19.1 Å². The number of benzene rings is 2. The maximum Gasteiger partial charge on any atom is 0.328 e. The molecule has 6 N–H and O–H groups in total. The van der Waals surface area contributed by atoms with Gasteiger partial charge in [0.1, 0.15) is 18.9 Å². The normalized spacial score (nSPS) is 12.8. The molecule has 0 aliphatic carbocycles. The van der Waals surface area contributed by atoms with E-state index in [0.717, 1.165) is 22.4 Å². The van der Waals surface area contributed by atoms with Crippen molar-refractivity contribution >= 4 is 47.8 Å². The van der Waals surface area contributed by atoms with Gasteiger partial charge in [0.15, 0.2) is 33.5 Å². The Balaban J connectivity index is 1.63. The SMILES string of the molecule is CCOP(=O)(O)CCCCn1c(CNC(=O)c2nc(Cl)c(N)nc2N)[n+](CC)c2ccc(OCc3ccccc3)cc21. The fourth-order valence-corrected chi connectivity index (χ4v) is 5.98. The number of nitrogens with one attached hydrogen (secondary N) is 1. The van der Waals surface area contributed by atoms with Crippen LogP contribution in [0.15, 0.2) is 48.5 Å². The molecule has 0 bridgehead atoms. The lowest BCUT2D eigenvalue weighted by molar-refractivity contribution is -0.676. The van der Waals surface area contributed by atoms with Crippen LogP contribution in [0.4, 0.5) is 11.6 Å². The lowest BCUT2D eigenvalue weighted by Crippen LogP contribution is -2.40. The van der Waals surface area contributed by atoms with Gasteiger partial charge in [-0.3, -0.25) is 9.36 Å². The molecule has 1 unspecified atom stereocenters. The molecule has 0 aliphatic heterocycles. The van der Waals surface area contributed by atoms with Gasteiger partial charge in [-0.05, 0) is 44.4 Å². The lowest BCUT2D eigenvalue weighted by Gasteiger charge is -2.11. The van der Waals surface area contributed by atoms with Crippen LogP contribution < -0.4 is 26.1 Å². The first kappa shape index (κ1) is 31.2. The predicted octanol–water partition coefficient (Wildman–Crippen LogP) is 4.07. The number of anilines is 2. The molecule has 2 aromatic heterocycles. The van der Waals surface area contributed by atoms with Gasteiger partial charge < -0.3 is 30.9 Å². The number of aromatic nitrogens is 4. The van der Waals surface area contributed by atoms with Crippen LogP contribution >= 0.6 is 19.2 Å². The summed E-state index contributed by atoms with van der Waals surface area (Å²) in [6.45, 7) is 5.59. The summed E-state index contributed by atoms with van der Waals surface area (Å²) in [5, 5.41) is 2.77. The standard InChI is InChI=1S/C28H35ClN7O5P/c1-3-35-21-13-12-20(40-18-19-10-6-5-7-11-19)16-22(21)36(14-8-9-15-42(38,39)41-4-2)23(35)17-32-28(37)24-26(30)34-27(31)25(29)33-24/h5-7,10-13,16H,3-4,8-9,14-15,17-18H2,1-2H3,(H5-,30,31,32,34,37,38,39)/p+1. The highest BCUT2D eigenvalue weighted by Crippen LogP contribution is 2.42. The van der Waals surface area contributed by atoms with Crippen molar-refractivity contribution in [3.05, 3.63) is 70.8 Å². The second-order valence-corrected chi connectivity index (χ2v) is 11.9. The topological polar surface area (TPSA) is 171 Å². The number of hydrogen-bond donors (Lipinski definition) is 4. The summed E-state index contributed by atoms with van der Waals surface area (Å²) in [4.78, 5) is 30.9. The quantitative estimate of drug-likeness (QED) is 0.0926. The van der Waals surface area contributed by atoms with Crippen LogP contribution in [-0.2, 0) is 35.3 Å². The molecule has 0 radical (unpaired) electrons. The van der Waals surface area contributed by atoms with Crippen molar-refractivity contribution in [2.24, 2.45) is 0 Å². The number of imidazole rings is 1. The number of nitrogen functional groups attached to an aromatic ring is 2. The van der Waals surface area contributed by atoms with Crippen LogP contribution in [0, 0.1) is 0 Å². The summed E-state index contributed by atoms with van der Waals surface area (Å²) in [7, 11) is -3.63. The molecule has 2 heterocycles. The molecule has 42 heavy (non-hydrogen) atoms. The van der Waals surface area contributed by atoms with E-state index < -0.39 is 13.5 Å². The van der Waals surface area contributed by atoms with Crippen LogP contribution in [0.3, 0.4) is 0 Å². The van der Waals surface area contributed by atoms with E-state index in [1.807, 2.05) is 55.5 Å². The number of nitrogens with zero attached hydrogens (tertiary/aromatic N) is 4. The molecule has 12 nitrogen and oxygen atoms in total. The Morgan fingerprint density at radius 2 is 1.88 bits per heavy atom. The Kier molecular flexibility index (Phi) is 10.4. The highest BCUT2D eigenvalue weighted by Gasteiger charge is 2.27. The highest BCUT2D eigenvalue weighted by atomic mass is 35.5. The van der Waals surface area contributed by atoms with Gasteiger partial charge in [0.25, 0.3) is 11.7 Å². The first-order chi connectivity index (χ1) is 20.1. The van der Waals surface area contributed by atoms with Crippen LogP contribution in [0.1, 0.15) is 48.6 Å². The maximum atomic E-state index is 13.0. The monoisotopic (exact) mass is 616 g/mol. The number of fused-ring (bicyclic) bond motifs is 1. The molecule has 4 aromatic rings. The number of hydrogen-bond acceptors (Lipinski definition) is 8. The predicted molar refractivity (Wildman–Crippen MR) is 161 cm³/mol. The van der Waals surface area contributed by atoms with E-state index >= 15 is 0 Å². The summed E-state index contributed by atoms with van der Waals surface area (Å²) in [6.07, 6.45) is 1.14. The van der Waals surface area contributed by atoms with Crippen molar-refractivity contribution in [3.63, 3.8) is 0 Å². The van der Waals surface area contributed by atoms with E-state index in [2.05, 4.69) is 24.4 Å². The Bertz CT molecular complexity index is 1600. The van der Waals surface area contributed by atoms with Gasteiger partial charge >= 0.3 is 7.60 Å². The van der Waals surface area contributed by atoms with E-state index in [0.29, 0.717) is 38.3 Å². The average Bonchev–Trinajstić information content (AvgIpc) is 3.26. The molecule has 14 heteroatoms. The van der Waals surface area contributed by atoms with Crippen molar-refractivity contribution in [2.45, 2.75) is 52.9 Å². The van der Waals surface area contributed by atoms with E-state index in [1.165, 1.54) is 0 Å². The first-order valence-corrected chi connectivity index (χ1v) is 15.8. The highest BCUT2D eigenvalue weighted by molar-refractivity contribution is 7.52. The van der Waals surface area contributed by atoms with Crippen molar-refractivity contribution in [3.8, 4) is 5.75 Å². The Morgan fingerprint density at radius 3 is 2.60 bits per heavy atom. The molecule has 1 amide bonds. The molecule has 224 valence electrons. The summed E-state index contributed by atoms with van der Waals surface area (Å²) in [5.41, 5.74) is 14.3. The maximum absolute atomic E-state index is 13.0. The molecule has 0 aliphatic rings. The third-order valence-corrected chi connectivity index (χ3v) is 8.47. The zero-order chi connectivity index (χ0) is 30.3. The van der Waals surface area contributed by atoms with Crippen molar-refractivity contribution in [1.29, 1.82) is 0 Å². The summed E-state index contributed by atoms with van der Waals surface area (Å²) < 4.78 is 27.5. The van der Waals surface area contributed by atoms with Gasteiger partial charge in [0.2, 0.25) is 0 Å². The number of amides is 1. The molecule has 0 saturated heterocycles. The Hall–Kier alpha value is -3.70. The smallest absolute Gasteiger partial charge is 0.328 e. The lowest BCUT2D eigenvalue weighted by atomic mass is 10.2. The minimum Gasteiger partial charge on any atom is -0.489 e.